The van der Waals surface area contributed by atoms with E-state index in [0.717, 1.165) is 13.0 Å². The smallest absolute Gasteiger partial charge is 0.127 e. The van der Waals surface area contributed by atoms with Crippen LogP contribution in [0.1, 0.15) is 38.2 Å². The van der Waals surface area contributed by atoms with Crippen LogP contribution >= 0.6 is 0 Å². The zero-order valence-electron chi connectivity index (χ0n) is 12.1. The van der Waals surface area contributed by atoms with Gasteiger partial charge in [-0.1, -0.05) is 43.3 Å². The second kappa shape index (κ2) is 4.47. The average molecular weight is 266 g/mol. The van der Waals surface area contributed by atoms with Crippen molar-refractivity contribution in [3.8, 4) is 0 Å². The molecule has 0 spiro atoms. The fourth-order valence-electron chi connectivity index (χ4n) is 4.33. The number of rotatable bonds is 2. The third kappa shape index (κ3) is 1.67. The van der Waals surface area contributed by atoms with Crippen molar-refractivity contribution in [3.63, 3.8) is 0 Å². The van der Waals surface area contributed by atoms with E-state index in [1.54, 1.807) is 5.70 Å². The predicted octanol–water partition coefficient (Wildman–Crippen LogP) is 3.99. The quantitative estimate of drug-likeness (QED) is 0.790. The SMILES string of the molecule is CC12CC=NC1N(Cc1ccccc1)C1=CCCCC12. The largest absolute Gasteiger partial charge is 0.348 e. The molecule has 3 atom stereocenters. The number of nitrogens with zero attached hydrogens (tertiary/aromatic N) is 2. The van der Waals surface area contributed by atoms with Gasteiger partial charge in [0.05, 0.1) is 0 Å². The first-order valence-corrected chi connectivity index (χ1v) is 7.81. The van der Waals surface area contributed by atoms with Crippen LogP contribution in [0.3, 0.4) is 0 Å². The molecule has 0 bridgehead atoms. The highest BCUT2D eigenvalue weighted by Crippen LogP contribution is 2.56. The standard InChI is InChI=1S/C18H22N2/c1-18-11-12-19-17(18)20(13-14-7-3-2-4-8-14)16-10-6-5-9-15(16)18/h2-4,7-8,10,12,15,17H,5-6,9,11,13H2,1H3. The van der Waals surface area contributed by atoms with Gasteiger partial charge in [-0.2, -0.15) is 0 Å². The molecular formula is C18H22N2. The minimum absolute atomic E-state index is 0.334. The Labute approximate surface area is 121 Å². The van der Waals surface area contributed by atoms with Gasteiger partial charge in [0.25, 0.3) is 0 Å². The first kappa shape index (κ1) is 12.2. The molecule has 0 aromatic heterocycles. The van der Waals surface area contributed by atoms with Gasteiger partial charge in [0, 0.05) is 29.8 Å². The van der Waals surface area contributed by atoms with Gasteiger partial charge >= 0.3 is 0 Å². The second-order valence-corrected chi connectivity index (χ2v) is 6.64. The van der Waals surface area contributed by atoms with Crippen molar-refractivity contribution < 1.29 is 0 Å². The maximum atomic E-state index is 4.83. The number of hydrogen-bond acceptors (Lipinski definition) is 2. The summed E-state index contributed by atoms with van der Waals surface area (Å²) in [7, 11) is 0. The number of likely N-dealkylation sites (tertiary alicyclic amines) is 1. The molecule has 0 amide bonds. The Balaban J connectivity index is 1.70. The van der Waals surface area contributed by atoms with E-state index in [1.165, 1.54) is 24.8 Å². The number of fused-ring (bicyclic) bond motifs is 3. The van der Waals surface area contributed by atoms with E-state index in [9.17, 15) is 0 Å². The Hall–Kier alpha value is -1.57. The molecule has 0 radical (unpaired) electrons. The number of allylic oxidation sites excluding steroid dienone is 2. The number of benzene rings is 1. The highest BCUT2D eigenvalue weighted by Gasteiger charge is 2.55. The topological polar surface area (TPSA) is 15.6 Å². The third-order valence-corrected chi connectivity index (χ3v) is 5.39. The second-order valence-electron chi connectivity index (χ2n) is 6.64. The number of hydrogen-bond donors (Lipinski definition) is 0. The summed E-state index contributed by atoms with van der Waals surface area (Å²) in [4.78, 5) is 7.40. The van der Waals surface area contributed by atoms with E-state index in [4.69, 9.17) is 4.99 Å². The summed E-state index contributed by atoms with van der Waals surface area (Å²) < 4.78 is 0. The molecule has 3 unspecified atom stereocenters. The van der Waals surface area contributed by atoms with E-state index < -0.39 is 0 Å². The van der Waals surface area contributed by atoms with E-state index in [0.29, 0.717) is 17.5 Å². The number of aliphatic imine (C=N–C) groups is 1. The molecule has 1 aromatic carbocycles. The van der Waals surface area contributed by atoms with Crippen LogP contribution in [0.4, 0.5) is 0 Å². The van der Waals surface area contributed by atoms with Crippen molar-refractivity contribution >= 4 is 6.21 Å². The molecule has 1 saturated heterocycles. The molecule has 20 heavy (non-hydrogen) atoms. The van der Waals surface area contributed by atoms with Crippen LogP contribution in [0.15, 0.2) is 47.1 Å². The highest BCUT2D eigenvalue weighted by molar-refractivity contribution is 5.63. The molecule has 1 aromatic rings. The monoisotopic (exact) mass is 266 g/mol. The lowest BCUT2D eigenvalue weighted by atomic mass is 9.72. The Bertz CT molecular complexity index is 560. The summed E-state index contributed by atoms with van der Waals surface area (Å²) in [5, 5.41) is 0. The molecule has 0 saturated carbocycles. The molecule has 1 aliphatic carbocycles. The summed E-state index contributed by atoms with van der Waals surface area (Å²) >= 11 is 0. The molecule has 0 N–H and O–H groups in total. The fourth-order valence-corrected chi connectivity index (χ4v) is 4.33. The molecule has 2 heterocycles. The van der Waals surface area contributed by atoms with Crippen LogP contribution in [0, 0.1) is 11.3 Å². The molecule has 2 heteroatoms. The van der Waals surface area contributed by atoms with Crippen molar-refractivity contribution in [1.82, 2.24) is 4.90 Å². The fraction of sp³-hybridized carbons (Fsp3) is 0.500. The zero-order valence-corrected chi connectivity index (χ0v) is 12.1. The van der Waals surface area contributed by atoms with Gasteiger partial charge in [0.1, 0.15) is 6.17 Å². The lowest BCUT2D eigenvalue weighted by molar-refractivity contribution is 0.175. The first-order chi connectivity index (χ1) is 9.79. The van der Waals surface area contributed by atoms with Gasteiger partial charge < -0.3 is 4.90 Å². The van der Waals surface area contributed by atoms with E-state index >= 15 is 0 Å². The van der Waals surface area contributed by atoms with Gasteiger partial charge in [-0.15, -0.1) is 0 Å². The van der Waals surface area contributed by atoms with Crippen LogP contribution in [0.5, 0.6) is 0 Å². The molecule has 3 aliphatic rings. The van der Waals surface area contributed by atoms with Crippen molar-refractivity contribution in [2.75, 3.05) is 0 Å². The molecule has 1 fully saturated rings. The van der Waals surface area contributed by atoms with Gasteiger partial charge in [-0.3, -0.25) is 4.99 Å². The highest BCUT2D eigenvalue weighted by atomic mass is 15.3. The van der Waals surface area contributed by atoms with Crippen molar-refractivity contribution in [1.29, 1.82) is 0 Å². The first-order valence-electron chi connectivity index (χ1n) is 7.81. The van der Waals surface area contributed by atoms with Crippen LogP contribution < -0.4 is 0 Å². The summed E-state index contributed by atoms with van der Waals surface area (Å²) in [5.41, 5.74) is 3.30. The summed E-state index contributed by atoms with van der Waals surface area (Å²) in [5.74, 6) is 0.715. The Morgan fingerprint density at radius 2 is 2.15 bits per heavy atom. The van der Waals surface area contributed by atoms with Crippen LogP contribution in [-0.4, -0.2) is 17.3 Å². The van der Waals surface area contributed by atoms with E-state index in [-0.39, 0.29) is 0 Å². The average Bonchev–Trinajstić information content (AvgIpc) is 2.97. The Morgan fingerprint density at radius 3 is 3.00 bits per heavy atom. The summed E-state index contributed by atoms with van der Waals surface area (Å²) in [6.45, 7) is 3.44. The van der Waals surface area contributed by atoms with Crippen molar-refractivity contribution in [2.45, 2.75) is 45.3 Å². The van der Waals surface area contributed by atoms with Gasteiger partial charge in [-0.25, -0.2) is 0 Å². The maximum absolute atomic E-state index is 4.83. The molecule has 4 rings (SSSR count). The van der Waals surface area contributed by atoms with Crippen LogP contribution in [-0.2, 0) is 6.54 Å². The van der Waals surface area contributed by atoms with Crippen LogP contribution in [0.25, 0.3) is 0 Å². The molecule has 104 valence electrons. The Kier molecular flexibility index (Phi) is 2.73. The normalized spacial score (nSPS) is 34.9. The lowest BCUT2D eigenvalue weighted by Gasteiger charge is -2.30. The summed E-state index contributed by atoms with van der Waals surface area (Å²) in [6.07, 6.45) is 10.1. The molecule has 2 aliphatic heterocycles. The van der Waals surface area contributed by atoms with Gasteiger partial charge in [0.2, 0.25) is 0 Å². The molecule has 2 nitrogen and oxygen atoms in total. The molecular weight excluding hydrogens is 244 g/mol. The van der Waals surface area contributed by atoms with E-state index in [2.05, 4.69) is 54.4 Å². The summed E-state index contributed by atoms with van der Waals surface area (Å²) in [6, 6.07) is 10.8. The lowest BCUT2D eigenvalue weighted by Crippen LogP contribution is -2.34. The Morgan fingerprint density at radius 1 is 1.30 bits per heavy atom. The van der Waals surface area contributed by atoms with Crippen LogP contribution in [0.2, 0.25) is 0 Å². The van der Waals surface area contributed by atoms with Gasteiger partial charge in [0.15, 0.2) is 0 Å². The van der Waals surface area contributed by atoms with Crippen molar-refractivity contribution in [2.24, 2.45) is 16.3 Å². The van der Waals surface area contributed by atoms with E-state index in [1.807, 2.05) is 0 Å². The third-order valence-electron chi connectivity index (χ3n) is 5.39. The van der Waals surface area contributed by atoms with Gasteiger partial charge in [-0.05, 0) is 31.2 Å². The minimum atomic E-state index is 0.334. The zero-order chi connectivity index (χ0) is 13.6. The minimum Gasteiger partial charge on any atom is -0.348 e. The maximum Gasteiger partial charge on any atom is 0.127 e. The van der Waals surface area contributed by atoms with Crippen molar-refractivity contribution in [3.05, 3.63) is 47.7 Å². The predicted molar refractivity (Wildman–Crippen MR) is 82.4 cm³/mol.